The molecule has 1 atom stereocenters. The third kappa shape index (κ3) is 3.91. The molecule has 1 unspecified atom stereocenters. The second-order valence-corrected chi connectivity index (χ2v) is 5.36. The lowest BCUT2D eigenvalue weighted by Crippen LogP contribution is -2.47. The minimum absolute atomic E-state index is 0.0141. The highest BCUT2D eigenvalue weighted by atomic mass is 19.1. The number of nitrogens with two attached hydrogens (primary N) is 1. The summed E-state index contributed by atoms with van der Waals surface area (Å²) in [6.07, 6.45) is -0.0141. The molecule has 112 valence electrons. The van der Waals surface area contributed by atoms with Gasteiger partial charge in [-0.15, -0.1) is 0 Å². The first-order valence-corrected chi connectivity index (χ1v) is 7.07. The predicted octanol–water partition coefficient (Wildman–Crippen LogP) is 1.77. The molecule has 0 bridgehead atoms. The topological polar surface area (TPSA) is 47.7 Å². The number of morpholine rings is 1. The molecule has 4 nitrogen and oxygen atoms in total. The minimum Gasteiger partial charge on any atom is -0.488 e. The zero-order valence-corrected chi connectivity index (χ0v) is 12.1. The molecule has 2 rings (SSSR count). The molecule has 0 aromatic heterocycles. The normalized spacial score (nSPS) is 20.4. The lowest BCUT2D eigenvalue weighted by atomic mass is 10.2. The first-order valence-electron chi connectivity index (χ1n) is 7.07. The standard InChI is InChI=1S/C15H23FN2O2/c1-11(2)18-5-6-19-13(9-18)10-20-15-4-3-12(8-17)7-14(15)16/h3-4,7,11,13H,5-6,8-10,17H2,1-2H3. The van der Waals surface area contributed by atoms with Crippen molar-refractivity contribution in [2.75, 3.05) is 26.3 Å². The average Bonchev–Trinajstić information content (AvgIpc) is 2.46. The Kier molecular flexibility index (Phi) is 5.34. The summed E-state index contributed by atoms with van der Waals surface area (Å²) in [4.78, 5) is 2.34. The number of rotatable bonds is 5. The summed E-state index contributed by atoms with van der Waals surface area (Å²) in [6, 6.07) is 5.31. The first kappa shape index (κ1) is 15.2. The van der Waals surface area contributed by atoms with Gasteiger partial charge in [-0.25, -0.2) is 4.39 Å². The van der Waals surface area contributed by atoms with Crippen molar-refractivity contribution in [2.45, 2.75) is 32.5 Å². The number of hydrogen-bond acceptors (Lipinski definition) is 4. The van der Waals surface area contributed by atoms with Crippen LogP contribution < -0.4 is 10.5 Å². The van der Waals surface area contributed by atoms with Crippen LogP contribution in [0.2, 0.25) is 0 Å². The van der Waals surface area contributed by atoms with E-state index in [4.69, 9.17) is 15.2 Å². The monoisotopic (exact) mass is 282 g/mol. The summed E-state index contributed by atoms with van der Waals surface area (Å²) in [6.45, 7) is 7.46. The van der Waals surface area contributed by atoms with Gasteiger partial charge in [0.15, 0.2) is 11.6 Å². The molecule has 0 radical (unpaired) electrons. The molecule has 1 saturated heterocycles. The molecule has 0 amide bonds. The second-order valence-electron chi connectivity index (χ2n) is 5.36. The molecule has 0 saturated carbocycles. The van der Waals surface area contributed by atoms with Crippen molar-refractivity contribution in [1.82, 2.24) is 4.90 Å². The van der Waals surface area contributed by atoms with Gasteiger partial charge < -0.3 is 15.2 Å². The Bertz CT molecular complexity index is 440. The van der Waals surface area contributed by atoms with Gasteiger partial charge >= 0.3 is 0 Å². The van der Waals surface area contributed by atoms with Crippen molar-refractivity contribution < 1.29 is 13.9 Å². The summed E-state index contributed by atoms with van der Waals surface area (Å²) in [7, 11) is 0. The zero-order chi connectivity index (χ0) is 14.5. The maximum atomic E-state index is 13.8. The summed E-state index contributed by atoms with van der Waals surface area (Å²) >= 11 is 0. The fourth-order valence-corrected chi connectivity index (χ4v) is 2.28. The Balaban J connectivity index is 1.88. The van der Waals surface area contributed by atoms with E-state index in [2.05, 4.69) is 18.7 Å². The van der Waals surface area contributed by atoms with E-state index >= 15 is 0 Å². The van der Waals surface area contributed by atoms with Crippen LogP contribution in [-0.4, -0.2) is 43.3 Å². The van der Waals surface area contributed by atoms with Crippen LogP contribution in [0.1, 0.15) is 19.4 Å². The van der Waals surface area contributed by atoms with Crippen LogP contribution in [-0.2, 0) is 11.3 Å². The van der Waals surface area contributed by atoms with Crippen LogP contribution in [0.4, 0.5) is 4.39 Å². The molecule has 20 heavy (non-hydrogen) atoms. The van der Waals surface area contributed by atoms with Crippen molar-refractivity contribution in [3.8, 4) is 5.75 Å². The molecule has 1 heterocycles. The molecular formula is C15H23FN2O2. The molecule has 1 aliphatic heterocycles. The first-order chi connectivity index (χ1) is 9.60. The van der Waals surface area contributed by atoms with Gasteiger partial charge in [0, 0.05) is 25.7 Å². The Morgan fingerprint density at radius 3 is 2.95 bits per heavy atom. The predicted molar refractivity (Wildman–Crippen MR) is 76.2 cm³/mol. The van der Waals surface area contributed by atoms with E-state index in [0.29, 0.717) is 25.8 Å². The largest absolute Gasteiger partial charge is 0.488 e. The lowest BCUT2D eigenvalue weighted by molar-refractivity contribution is -0.0568. The van der Waals surface area contributed by atoms with Crippen LogP contribution in [0.5, 0.6) is 5.75 Å². The van der Waals surface area contributed by atoms with Gasteiger partial charge in [-0.1, -0.05) is 6.07 Å². The molecular weight excluding hydrogens is 259 g/mol. The van der Waals surface area contributed by atoms with E-state index in [0.717, 1.165) is 18.7 Å². The molecule has 1 aliphatic rings. The van der Waals surface area contributed by atoms with E-state index in [1.807, 2.05) is 0 Å². The van der Waals surface area contributed by atoms with Crippen LogP contribution in [0, 0.1) is 5.82 Å². The van der Waals surface area contributed by atoms with Crippen LogP contribution in [0.25, 0.3) is 0 Å². The van der Waals surface area contributed by atoms with Crippen molar-refractivity contribution >= 4 is 0 Å². The Morgan fingerprint density at radius 1 is 1.50 bits per heavy atom. The second kappa shape index (κ2) is 7.02. The van der Waals surface area contributed by atoms with Crippen LogP contribution >= 0.6 is 0 Å². The lowest BCUT2D eigenvalue weighted by Gasteiger charge is -2.35. The van der Waals surface area contributed by atoms with E-state index in [1.165, 1.54) is 6.07 Å². The maximum Gasteiger partial charge on any atom is 0.165 e. The van der Waals surface area contributed by atoms with E-state index in [-0.39, 0.29) is 17.7 Å². The summed E-state index contributed by atoms with van der Waals surface area (Å²) in [5.74, 6) is -0.114. The third-order valence-electron chi connectivity index (χ3n) is 3.56. The van der Waals surface area contributed by atoms with E-state index in [9.17, 15) is 4.39 Å². The fraction of sp³-hybridized carbons (Fsp3) is 0.600. The summed E-state index contributed by atoms with van der Waals surface area (Å²) in [5, 5.41) is 0. The highest BCUT2D eigenvalue weighted by Gasteiger charge is 2.23. The number of benzene rings is 1. The number of nitrogens with zero attached hydrogens (tertiary/aromatic N) is 1. The van der Waals surface area contributed by atoms with Gasteiger partial charge in [0.2, 0.25) is 0 Å². The number of ether oxygens (including phenoxy) is 2. The van der Waals surface area contributed by atoms with Crippen molar-refractivity contribution in [3.63, 3.8) is 0 Å². The SMILES string of the molecule is CC(C)N1CCOC(COc2ccc(CN)cc2F)C1. The molecule has 0 aliphatic carbocycles. The van der Waals surface area contributed by atoms with Gasteiger partial charge in [0.25, 0.3) is 0 Å². The Morgan fingerprint density at radius 2 is 2.30 bits per heavy atom. The van der Waals surface area contributed by atoms with Gasteiger partial charge in [-0.2, -0.15) is 0 Å². The minimum atomic E-state index is -0.371. The summed E-state index contributed by atoms with van der Waals surface area (Å²) < 4.78 is 25.0. The van der Waals surface area contributed by atoms with Gasteiger partial charge in [0.1, 0.15) is 12.7 Å². The molecule has 2 N–H and O–H groups in total. The van der Waals surface area contributed by atoms with Crippen LogP contribution in [0.3, 0.4) is 0 Å². The number of hydrogen-bond donors (Lipinski definition) is 1. The van der Waals surface area contributed by atoms with Gasteiger partial charge in [-0.05, 0) is 31.5 Å². The highest BCUT2D eigenvalue weighted by Crippen LogP contribution is 2.19. The van der Waals surface area contributed by atoms with E-state index in [1.54, 1.807) is 12.1 Å². The molecule has 1 fully saturated rings. The van der Waals surface area contributed by atoms with Crippen molar-refractivity contribution in [2.24, 2.45) is 5.73 Å². The molecule has 5 heteroatoms. The smallest absolute Gasteiger partial charge is 0.165 e. The van der Waals surface area contributed by atoms with Gasteiger partial charge in [0.05, 0.1) is 6.61 Å². The molecule has 1 aromatic carbocycles. The van der Waals surface area contributed by atoms with Crippen molar-refractivity contribution in [3.05, 3.63) is 29.6 Å². The molecule has 1 aromatic rings. The van der Waals surface area contributed by atoms with E-state index < -0.39 is 0 Å². The van der Waals surface area contributed by atoms with Crippen LogP contribution in [0.15, 0.2) is 18.2 Å². The van der Waals surface area contributed by atoms with Gasteiger partial charge in [-0.3, -0.25) is 4.90 Å². The maximum absolute atomic E-state index is 13.8. The molecule has 0 spiro atoms. The average molecular weight is 282 g/mol. The quantitative estimate of drug-likeness (QED) is 0.894. The Labute approximate surface area is 119 Å². The Hall–Kier alpha value is -1.17. The zero-order valence-electron chi connectivity index (χ0n) is 12.1. The van der Waals surface area contributed by atoms with Crippen molar-refractivity contribution in [1.29, 1.82) is 0 Å². The fourth-order valence-electron chi connectivity index (χ4n) is 2.28. The highest BCUT2D eigenvalue weighted by molar-refractivity contribution is 5.29. The summed E-state index contributed by atoms with van der Waals surface area (Å²) in [5.41, 5.74) is 6.23. The number of halogens is 1. The third-order valence-corrected chi connectivity index (χ3v) is 3.56.